The number of allylic oxidation sites excluding steroid dienone is 8. The molecule has 0 fully saturated rings. The van der Waals surface area contributed by atoms with Crippen molar-refractivity contribution in [3.8, 4) is 0 Å². The van der Waals surface area contributed by atoms with Crippen molar-refractivity contribution in [3.63, 3.8) is 0 Å². The van der Waals surface area contributed by atoms with Gasteiger partial charge in [0.25, 0.3) is 0 Å². The topological polar surface area (TPSA) is 63.2 Å². The molecule has 26 heavy (non-hydrogen) atoms. The van der Waals surface area contributed by atoms with Gasteiger partial charge in [-0.1, -0.05) is 34.9 Å². The van der Waals surface area contributed by atoms with Crippen LogP contribution in [0.5, 0.6) is 0 Å². The summed E-state index contributed by atoms with van der Waals surface area (Å²) in [5.74, 6) is -0.939. The first kappa shape index (κ1) is 21.6. The summed E-state index contributed by atoms with van der Waals surface area (Å²) >= 11 is 0. The number of rotatable bonds is 9. The molecule has 1 N–H and O–H groups in total. The predicted octanol–water partition coefficient (Wildman–Crippen LogP) is 4.50. The van der Waals surface area contributed by atoms with Crippen LogP contribution in [0.3, 0.4) is 0 Å². The van der Waals surface area contributed by atoms with Gasteiger partial charge in [-0.3, -0.25) is 14.4 Å². The molecule has 4 nitrogen and oxygen atoms in total. The molecule has 0 aromatic carbocycles. The lowest BCUT2D eigenvalue weighted by Gasteiger charge is -2.08. The Kier molecular flexibility index (Phi) is 9.27. The molecule has 0 heterocycles. The Bertz CT molecular complexity index is 699. The second-order valence-electron chi connectivity index (χ2n) is 6.87. The van der Waals surface area contributed by atoms with Gasteiger partial charge in [-0.05, 0) is 65.5 Å². The highest BCUT2D eigenvalue weighted by molar-refractivity contribution is 6.18. The first-order valence-corrected chi connectivity index (χ1v) is 9.00. The Balaban J connectivity index is 2.36. The van der Waals surface area contributed by atoms with Gasteiger partial charge < -0.3 is 5.32 Å². The quantitative estimate of drug-likeness (QED) is 0.489. The summed E-state index contributed by atoms with van der Waals surface area (Å²) < 4.78 is 0. The Morgan fingerprint density at radius 1 is 0.923 bits per heavy atom. The molecule has 1 aliphatic carbocycles. The van der Waals surface area contributed by atoms with Crippen molar-refractivity contribution in [2.45, 2.75) is 59.8 Å². The van der Waals surface area contributed by atoms with Crippen LogP contribution in [-0.4, -0.2) is 17.5 Å². The van der Waals surface area contributed by atoms with Crippen molar-refractivity contribution in [2.24, 2.45) is 0 Å². The number of hydrogen-bond acceptors (Lipinski definition) is 3. The molecule has 4 heteroatoms. The third-order valence-electron chi connectivity index (χ3n) is 3.98. The first-order chi connectivity index (χ1) is 12.3. The third kappa shape index (κ3) is 9.11. The Morgan fingerprint density at radius 2 is 1.54 bits per heavy atom. The van der Waals surface area contributed by atoms with Crippen LogP contribution in [0.1, 0.15) is 59.8 Å². The summed E-state index contributed by atoms with van der Waals surface area (Å²) in [6, 6.07) is 0. The van der Waals surface area contributed by atoms with E-state index < -0.39 is 0 Å². The highest BCUT2D eigenvalue weighted by Crippen LogP contribution is 2.12. The molecule has 0 saturated carbocycles. The monoisotopic (exact) mass is 355 g/mol. The molecule has 0 saturated heterocycles. The van der Waals surface area contributed by atoms with Crippen LogP contribution in [0, 0.1) is 0 Å². The zero-order valence-corrected chi connectivity index (χ0v) is 16.2. The second-order valence-corrected chi connectivity index (χ2v) is 6.87. The molecule has 0 unspecified atom stereocenters. The van der Waals surface area contributed by atoms with Gasteiger partial charge in [0.2, 0.25) is 11.7 Å². The fraction of sp³-hybridized carbons (Fsp3) is 0.409. The van der Waals surface area contributed by atoms with Gasteiger partial charge in [-0.25, -0.2) is 0 Å². The van der Waals surface area contributed by atoms with Gasteiger partial charge in [0.05, 0.1) is 5.70 Å². The Morgan fingerprint density at radius 3 is 2.19 bits per heavy atom. The zero-order chi connectivity index (χ0) is 19.5. The average molecular weight is 355 g/mol. The standard InChI is InChI=1S/C22H29NO3/c1-16(2)7-5-8-17(3)9-6-10-18(4)11-14-22(26)23-20-15-19(24)12-13-21(20)25/h7,9,11-13,15H,5-6,8,10,14H2,1-4H3,(H,23,26)/b17-9+,18-11+. The molecule has 1 amide bonds. The van der Waals surface area contributed by atoms with E-state index in [2.05, 4.69) is 38.2 Å². The van der Waals surface area contributed by atoms with Crippen molar-refractivity contribution in [2.75, 3.05) is 0 Å². The SMILES string of the molecule is CC(C)=CCC/C(C)=C/CC/C(C)=C/CC(=O)NC1=CC(=O)C=CC1=O. The van der Waals surface area contributed by atoms with Crippen LogP contribution in [0.25, 0.3) is 0 Å². The van der Waals surface area contributed by atoms with Gasteiger partial charge >= 0.3 is 0 Å². The lowest BCUT2D eigenvalue weighted by Crippen LogP contribution is -2.28. The molecule has 0 spiro atoms. The molecular formula is C22H29NO3. The smallest absolute Gasteiger partial charge is 0.228 e. The lowest BCUT2D eigenvalue weighted by molar-refractivity contribution is -0.121. The van der Waals surface area contributed by atoms with Gasteiger partial charge in [0, 0.05) is 12.5 Å². The number of carbonyl (C=O) groups excluding carboxylic acids is 3. The van der Waals surface area contributed by atoms with Crippen LogP contribution in [0.15, 0.2) is 58.9 Å². The molecule has 0 radical (unpaired) electrons. The fourth-order valence-corrected chi connectivity index (χ4v) is 2.41. The largest absolute Gasteiger partial charge is 0.322 e. The van der Waals surface area contributed by atoms with E-state index in [-0.39, 0.29) is 29.6 Å². The summed E-state index contributed by atoms with van der Waals surface area (Å²) in [6.07, 6.45) is 14.1. The van der Waals surface area contributed by atoms with E-state index >= 15 is 0 Å². The van der Waals surface area contributed by atoms with Gasteiger partial charge in [0.15, 0.2) is 5.78 Å². The van der Waals surface area contributed by atoms with Crippen LogP contribution in [-0.2, 0) is 14.4 Å². The van der Waals surface area contributed by atoms with Gasteiger partial charge in [-0.15, -0.1) is 0 Å². The molecule has 0 aliphatic heterocycles. The molecule has 140 valence electrons. The van der Waals surface area contributed by atoms with E-state index in [4.69, 9.17) is 0 Å². The average Bonchev–Trinajstić information content (AvgIpc) is 2.56. The van der Waals surface area contributed by atoms with Crippen molar-refractivity contribution in [1.82, 2.24) is 5.32 Å². The number of ketones is 2. The van der Waals surface area contributed by atoms with Crippen LogP contribution in [0.4, 0.5) is 0 Å². The van der Waals surface area contributed by atoms with Crippen molar-refractivity contribution in [1.29, 1.82) is 0 Å². The van der Waals surface area contributed by atoms with Gasteiger partial charge in [-0.2, -0.15) is 0 Å². The summed E-state index contributed by atoms with van der Waals surface area (Å²) in [6.45, 7) is 8.37. The fourth-order valence-electron chi connectivity index (χ4n) is 2.41. The molecule has 0 atom stereocenters. The maximum atomic E-state index is 11.9. The van der Waals surface area contributed by atoms with Crippen molar-refractivity contribution < 1.29 is 14.4 Å². The highest BCUT2D eigenvalue weighted by atomic mass is 16.2. The van der Waals surface area contributed by atoms with Crippen molar-refractivity contribution >= 4 is 17.5 Å². The van der Waals surface area contributed by atoms with E-state index in [0.717, 1.165) is 37.3 Å². The molecule has 0 aromatic rings. The summed E-state index contributed by atoms with van der Waals surface area (Å²) in [5.41, 5.74) is 3.91. The van der Waals surface area contributed by atoms with Gasteiger partial charge in [0.1, 0.15) is 0 Å². The van der Waals surface area contributed by atoms with E-state index in [0.29, 0.717) is 0 Å². The summed E-state index contributed by atoms with van der Waals surface area (Å²) in [5, 5.41) is 2.50. The zero-order valence-electron chi connectivity index (χ0n) is 16.2. The maximum Gasteiger partial charge on any atom is 0.228 e. The summed E-state index contributed by atoms with van der Waals surface area (Å²) in [7, 11) is 0. The Hall–Kier alpha value is -2.49. The molecular weight excluding hydrogens is 326 g/mol. The molecule has 1 rings (SSSR count). The highest BCUT2D eigenvalue weighted by Gasteiger charge is 2.15. The van der Waals surface area contributed by atoms with Crippen LogP contribution < -0.4 is 5.32 Å². The molecule has 0 bridgehead atoms. The van der Waals surface area contributed by atoms with E-state index in [9.17, 15) is 14.4 Å². The van der Waals surface area contributed by atoms with Crippen LogP contribution >= 0.6 is 0 Å². The second kappa shape index (κ2) is 11.2. The minimum absolute atomic E-state index is 0.0449. The number of hydrogen-bond donors (Lipinski definition) is 1. The number of amides is 1. The molecule has 0 aromatic heterocycles. The summed E-state index contributed by atoms with van der Waals surface area (Å²) in [4.78, 5) is 34.8. The maximum absolute atomic E-state index is 11.9. The van der Waals surface area contributed by atoms with E-state index in [1.54, 1.807) is 0 Å². The lowest BCUT2D eigenvalue weighted by atomic mass is 10.1. The van der Waals surface area contributed by atoms with E-state index in [1.807, 2.05) is 13.0 Å². The minimum Gasteiger partial charge on any atom is -0.322 e. The van der Waals surface area contributed by atoms with Crippen molar-refractivity contribution in [3.05, 3.63) is 58.9 Å². The minimum atomic E-state index is -0.354. The molecule has 1 aliphatic rings. The number of carbonyl (C=O) groups is 3. The normalized spacial score (nSPS) is 15.0. The van der Waals surface area contributed by atoms with E-state index in [1.165, 1.54) is 23.3 Å². The third-order valence-corrected chi connectivity index (χ3v) is 3.98. The predicted molar refractivity (Wildman–Crippen MR) is 105 cm³/mol. The first-order valence-electron chi connectivity index (χ1n) is 9.00. The number of nitrogens with one attached hydrogen (secondary N) is 1. The Labute approximate surface area is 156 Å². The van der Waals surface area contributed by atoms with Crippen LogP contribution in [0.2, 0.25) is 0 Å².